The standard InChI is InChI=1S/C24H26N6O9S/c1-15-19(29(31)32)13-17(14-20(15)30(33)34)40(35,36)28-9-7-27(8-10-28)23-6-5-18(25-26-23)16-11-21(37-2)24(39-4)22(12-16)38-3/h5-6,11-14H,7-10H2,1-4H3. The van der Waals surface area contributed by atoms with Gasteiger partial charge >= 0.3 is 0 Å². The molecule has 40 heavy (non-hydrogen) atoms. The van der Waals surface area contributed by atoms with Gasteiger partial charge in [-0.15, -0.1) is 10.2 Å². The normalized spacial score (nSPS) is 14.1. The summed E-state index contributed by atoms with van der Waals surface area (Å²) in [5.74, 6) is 1.89. The van der Waals surface area contributed by atoms with E-state index in [1.54, 1.807) is 24.3 Å². The summed E-state index contributed by atoms with van der Waals surface area (Å²) in [7, 11) is 0.299. The summed E-state index contributed by atoms with van der Waals surface area (Å²) in [4.78, 5) is 22.5. The molecule has 0 N–H and O–H groups in total. The molecule has 4 rings (SSSR count). The maximum atomic E-state index is 13.2. The van der Waals surface area contributed by atoms with Gasteiger partial charge in [-0.05, 0) is 31.2 Å². The molecule has 0 aliphatic carbocycles. The highest BCUT2D eigenvalue weighted by molar-refractivity contribution is 7.89. The highest BCUT2D eigenvalue weighted by Gasteiger charge is 2.33. The summed E-state index contributed by atoms with van der Waals surface area (Å²) in [6.07, 6.45) is 0. The van der Waals surface area contributed by atoms with Crippen LogP contribution in [0.5, 0.6) is 17.2 Å². The molecule has 1 aliphatic rings. The van der Waals surface area contributed by atoms with Crippen LogP contribution in [-0.2, 0) is 10.0 Å². The van der Waals surface area contributed by atoms with Gasteiger partial charge in [-0.1, -0.05) is 0 Å². The second-order valence-electron chi connectivity index (χ2n) is 8.68. The van der Waals surface area contributed by atoms with Crippen LogP contribution in [0.1, 0.15) is 5.56 Å². The second-order valence-corrected chi connectivity index (χ2v) is 10.6. The number of ether oxygens (including phenoxy) is 3. The molecule has 16 heteroatoms. The number of rotatable bonds is 9. The van der Waals surface area contributed by atoms with Gasteiger partial charge in [-0.3, -0.25) is 20.2 Å². The molecule has 0 radical (unpaired) electrons. The summed E-state index contributed by atoms with van der Waals surface area (Å²) in [6.45, 7) is 1.79. The third kappa shape index (κ3) is 5.30. The summed E-state index contributed by atoms with van der Waals surface area (Å²) in [5, 5.41) is 31.4. The monoisotopic (exact) mass is 574 g/mol. The number of nitrogens with zero attached hydrogens (tertiary/aromatic N) is 6. The Labute approximate surface area is 229 Å². The molecule has 1 fully saturated rings. The first-order valence-electron chi connectivity index (χ1n) is 11.8. The number of aromatic nitrogens is 2. The van der Waals surface area contributed by atoms with Gasteiger partial charge in [-0.25, -0.2) is 8.42 Å². The Kier molecular flexibility index (Phi) is 8.01. The molecule has 1 aromatic heterocycles. The minimum absolute atomic E-state index is 0.0358. The predicted octanol–water partition coefficient (Wildman–Crippen LogP) is 2.81. The van der Waals surface area contributed by atoms with E-state index in [1.165, 1.54) is 28.3 Å². The first-order valence-corrected chi connectivity index (χ1v) is 13.3. The van der Waals surface area contributed by atoms with Crippen molar-refractivity contribution in [3.8, 4) is 28.5 Å². The molecule has 0 bridgehead atoms. The van der Waals surface area contributed by atoms with Gasteiger partial charge in [0.05, 0.1) is 41.8 Å². The summed E-state index contributed by atoms with van der Waals surface area (Å²) >= 11 is 0. The van der Waals surface area contributed by atoms with Crippen molar-refractivity contribution in [1.82, 2.24) is 14.5 Å². The van der Waals surface area contributed by atoms with Crippen LogP contribution in [0, 0.1) is 27.2 Å². The van der Waals surface area contributed by atoms with Gasteiger partial charge in [0.1, 0.15) is 5.56 Å². The smallest absolute Gasteiger partial charge is 0.280 e. The van der Waals surface area contributed by atoms with Crippen LogP contribution in [0.15, 0.2) is 41.3 Å². The zero-order chi connectivity index (χ0) is 29.2. The van der Waals surface area contributed by atoms with Crippen LogP contribution in [0.4, 0.5) is 17.2 Å². The molecular weight excluding hydrogens is 548 g/mol. The average Bonchev–Trinajstić information content (AvgIpc) is 2.96. The van der Waals surface area contributed by atoms with E-state index < -0.39 is 36.1 Å². The predicted molar refractivity (Wildman–Crippen MR) is 143 cm³/mol. The van der Waals surface area contributed by atoms with E-state index in [9.17, 15) is 28.6 Å². The molecule has 0 atom stereocenters. The largest absolute Gasteiger partial charge is 0.493 e. The van der Waals surface area contributed by atoms with E-state index in [1.807, 2.05) is 4.90 Å². The van der Waals surface area contributed by atoms with Crippen molar-refractivity contribution < 1.29 is 32.5 Å². The SMILES string of the molecule is COc1cc(-c2ccc(N3CCN(S(=O)(=O)c4cc([N+](=O)[O-])c(C)c([N+](=O)[O-])c4)CC3)nn2)cc(OC)c1OC. The number of methoxy groups -OCH3 is 3. The van der Waals surface area contributed by atoms with Crippen molar-refractivity contribution in [2.45, 2.75) is 11.8 Å². The van der Waals surface area contributed by atoms with Crippen LogP contribution in [0.2, 0.25) is 0 Å². The van der Waals surface area contributed by atoms with Crippen molar-refractivity contribution in [2.24, 2.45) is 0 Å². The van der Waals surface area contributed by atoms with Gasteiger partial charge in [0, 0.05) is 43.9 Å². The molecule has 15 nitrogen and oxygen atoms in total. The third-order valence-corrected chi connectivity index (χ3v) is 8.41. The van der Waals surface area contributed by atoms with Crippen LogP contribution in [0.25, 0.3) is 11.3 Å². The number of nitro benzene ring substituents is 2. The van der Waals surface area contributed by atoms with Crippen molar-refractivity contribution in [3.05, 3.63) is 62.2 Å². The van der Waals surface area contributed by atoms with Gasteiger partial charge < -0.3 is 19.1 Å². The number of piperazine rings is 1. The van der Waals surface area contributed by atoms with Gasteiger partial charge in [0.15, 0.2) is 17.3 Å². The number of hydrogen-bond acceptors (Lipinski definition) is 12. The van der Waals surface area contributed by atoms with E-state index in [0.717, 1.165) is 16.4 Å². The lowest BCUT2D eigenvalue weighted by Gasteiger charge is -2.34. The molecule has 1 saturated heterocycles. The molecule has 1 aliphatic heterocycles. The average molecular weight is 575 g/mol. The zero-order valence-corrected chi connectivity index (χ0v) is 22.9. The number of hydrogen-bond donors (Lipinski definition) is 0. The fraction of sp³-hybridized carbons (Fsp3) is 0.333. The lowest BCUT2D eigenvalue weighted by atomic mass is 10.1. The lowest BCUT2D eigenvalue weighted by Crippen LogP contribution is -2.49. The topological polar surface area (TPSA) is 180 Å². The first kappa shape index (κ1) is 28.4. The van der Waals surface area contributed by atoms with Gasteiger partial charge in [-0.2, -0.15) is 4.31 Å². The maximum Gasteiger partial charge on any atom is 0.280 e. The minimum Gasteiger partial charge on any atom is -0.493 e. The fourth-order valence-corrected chi connectivity index (χ4v) is 5.83. The molecule has 2 heterocycles. The van der Waals surface area contributed by atoms with E-state index in [-0.39, 0.29) is 31.7 Å². The summed E-state index contributed by atoms with van der Waals surface area (Å²) < 4.78 is 43.8. The molecule has 0 amide bonds. The number of sulfonamides is 1. The quantitative estimate of drug-likeness (QED) is 0.270. The minimum atomic E-state index is -4.23. The highest BCUT2D eigenvalue weighted by atomic mass is 32.2. The maximum absolute atomic E-state index is 13.2. The van der Waals surface area contributed by atoms with Crippen LogP contribution >= 0.6 is 0 Å². The van der Waals surface area contributed by atoms with E-state index >= 15 is 0 Å². The zero-order valence-electron chi connectivity index (χ0n) is 22.1. The van der Waals surface area contributed by atoms with Crippen LogP contribution in [-0.4, -0.2) is 80.3 Å². The van der Waals surface area contributed by atoms with Crippen molar-refractivity contribution in [1.29, 1.82) is 0 Å². The lowest BCUT2D eigenvalue weighted by molar-refractivity contribution is -0.395. The Hall–Kier alpha value is -4.57. The summed E-state index contributed by atoms with van der Waals surface area (Å²) in [5.41, 5.74) is -0.243. The Balaban J connectivity index is 1.52. The molecule has 0 spiro atoms. The van der Waals surface area contributed by atoms with Crippen molar-refractivity contribution in [3.63, 3.8) is 0 Å². The van der Waals surface area contributed by atoms with Crippen molar-refractivity contribution >= 4 is 27.2 Å². The second kappa shape index (κ2) is 11.3. The Bertz CT molecular complexity index is 1500. The summed E-state index contributed by atoms with van der Waals surface area (Å²) in [6, 6.07) is 8.72. The Morgan fingerprint density at radius 2 is 1.38 bits per heavy atom. The van der Waals surface area contributed by atoms with Crippen LogP contribution < -0.4 is 19.1 Å². The molecule has 0 unspecified atom stereocenters. The van der Waals surface area contributed by atoms with E-state index in [0.29, 0.717) is 34.3 Å². The van der Waals surface area contributed by atoms with Crippen LogP contribution in [0.3, 0.4) is 0 Å². The molecule has 0 saturated carbocycles. The number of anilines is 1. The third-order valence-electron chi connectivity index (χ3n) is 6.53. The Morgan fingerprint density at radius 3 is 1.80 bits per heavy atom. The first-order chi connectivity index (χ1) is 19.0. The van der Waals surface area contributed by atoms with E-state index in [4.69, 9.17) is 14.2 Å². The van der Waals surface area contributed by atoms with Gasteiger partial charge in [0.2, 0.25) is 15.8 Å². The molecule has 212 valence electrons. The Morgan fingerprint density at radius 1 is 0.825 bits per heavy atom. The number of nitro groups is 2. The molecule has 3 aromatic rings. The number of benzene rings is 2. The molecule has 2 aromatic carbocycles. The van der Waals surface area contributed by atoms with Crippen molar-refractivity contribution in [2.75, 3.05) is 52.4 Å². The van der Waals surface area contributed by atoms with Gasteiger partial charge in [0.25, 0.3) is 11.4 Å². The van der Waals surface area contributed by atoms with E-state index in [2.05, 4.69) is 10.2 Å². The fourth-order valence-electron chi connectivity index (χ4n) is 4.37. The highest BCUT2D eigenvalue weighted by Crippen LogP contribution is 2.41. The molecular formula is C24H26N6O9S.